The lowest BCUT2D eigenvalue weighted by Crippen LogP contribution is -2.43. The summed E-state index contributed by atoms with van der Waals surface area (Å²) in [7, 11) is -3.85. The van der Waals surface area contributed by atoms with Crippen LogP contribution < -0.4 is 10.0 Å². The molecule has 2 N–H and O–H groups in total. The second kappa shape index (κ2) is 8.93. The lowest BCUT2D eigenvalue weighted by atomic mass is 10.1. The Hall–Kier alpha value is -2.14. The van der Waals surface area contributed by atoms with Gasteiger partial charge >= 0.3 is 0 Å². The van der Waals surface area contributed by atoms with Gasteiger partial charge in [0.1, 0.15) is 11.5 Å². The van der Waals surface area contributed by atoms with Gasteiger partial charge in [-0.15, -0.1) is 0 Å². The normalized spacial score (nSPS) is 17.1. The maximum atomic E-state index is 12.6. The molecular formula is C20H29N3O6S. The van der Waals surface area contributed by atoms with E-state index in [0.717, 1.165) is 24.6 Å². The van der Waals surface area contributed by atoms with Crippen molar-refractivity contribution in [2.45, 2.75) is 44.4 Å². The Balaban J connectivity index is 1.69. The van der Waals surface area contributed by atoms with Crippen LogP contribution in [0.25, 0.3) is 0 Å². The first-order chi connectivity index (χ1) is 14.0. The van der Waals surface area contributed by atoms with Crippen molar-refractivity contribution in [3.63, 3.8) is 0 Å². The van der Waals surface area contributed by atoms with Crippen molar-refractivity contribution in [1.29, 1.82) is 0 Å². The topological polar surface area (TPSA) is 114 Å². The van der Waals surface area contributed by atoms with Crippen LogP contribution >= 0.6 is 0 Å². The van der Waals surface area contributed by atoms with Crippen molar-refractivity contribution in [2.24, 2.45) is 0 Å². The standard InChI is InChI=1S/C20H29N3O6S/c1-14-5-6-16(28-14)15(23-9-11-27-12-10-23)13-21-19(24)17-7-8-18(29-17)30(25,26)22-20(2,3)4/h5-8,15,22H,9-13H2,1-4H3,(H,21,24). The highest BCUT2D eigenvalue weighted by atomic mass is 32.2. The molecule has 1 saturated heterocycles. The van der Waals surface area contributed by atoms with Gasteiger partial charge < -0.3 is 18.9 Å². The van der Waals surface area contributed by atoms with Crippen molar-refractivity contribution < 1.29 is 26.8 Å². The van der Waals surface area contributed by atoms with E-state index in [0.29, 0.717) is 13.2 Å². The summed E-state index contributed by atoms with van der Waals surface area (Å²) in [5, 5.41) is 2.53. The maximum Gasteiger partial charge on any atom is 0.287 e. The Labute approximate surface area is 176 Å². The molecule has 2 aromatic heterocycles. The zero-order valence-electron chi connectivity index (χ0n) is 17.7. The van der Waals surface area contributed by atoms with Crippen LogP contribution in [0.5, 0.6) is 0 Å². The van der Waals surface area contributed by atoms with Crippen LogP contribution in [0, 0.1) is 6.92 Å². The van der Waals surface area contributed by atoms with Gasteiger partial charge in [0.25, 0.3) is 15.9 Å². The zero-order valence-corrected chi connectivity index (χ0v) is 18.5. The highest BCUT2D eigenvalue weighted by molar-refractivity contribution is 7.89. The number of amides is 1. The molecule has 10 heteroatoms. The minimum atomic E-state index is -3.85. The Bertz CT molecular complexity index is 967. The summed E-state index contributed by atoms with van der Waals surface area (Å²) in [4.78, 5) is 14.8. The van der Waals surface area contributed by atoms with E-state index in [2.05, 4.69) is 14.9 Å². The van der Waals surface area contributed by atoms with Gasteiger partial charge in [-0.1, -0.05) is 0 Å². The molecule has 30 heavy (non-hydrogen) atoms. The van der Waals surface area contributed by atoms with E-state index in [1.54, 1.807) is 20.8 Å². The maximum absolute atomic E-state index is 12.6. The van der Waals surface area contributed by atoms with Crippen LogP contribution in [0.1, 0.15) is 48.9 Å². The molecule has 1 aliphatic rings. The number of nitrogens with zero attached hydrogens (tertiary/aromatic N) is 1. The van der Waals surface area contributed by atoms with Crippen molar-refractivity contribution in [1.82, 2.24) is 14.9 Å². The van der Waals surface area contributed by atoms with Crippen LogP contribution in [-0.4, -0.2) is 57.6 Å². The van der Waals surface area contributed by atoms with E-state index in [4.69, 9.17) is 13.6 Å². The highest BCUT2D eigenvalue weighted by Gasteiger charge is 2.28. The van der Waals surface area contributed by atoms with Crippen LogP contribution in [-0.2, 0) is 14.8 Å². The molecule has 0 bridgehead atoms. The van der Waals surface area contributed by atoms with E-state index in [1.165, 1.54) is 12.1 Å². The van der Waals surface area contributed by atoms with Crippen LogP contribution in [0.3, 0.4) is 0 Å². The van der Waals surface area contributed by atoms with Crippen LogP contribution in [0.15, 0.2) is 38.2 Å². The van der Waals surface area contributed by atoms with Gasteiger partial charge in [0, 0.05) is 25.2 Å². The monoisotopic (exact) mass is 439 g/mol. The summed E-state index contributed by atoms with van der Waals surface area (Å²) >= 11 is 0. The third-order valence-electron chi connectivity index (χ3n) is 4.54. The van der Waals surface area contributed by atoms with E-state index >= 15 is 0 Å². The number of aryl methyl sites for hydroxylation is 1. The summed E-state index contributed by atoms with van der Waals surface area (Å²) in [6, 6.07) is 6.26. The number of sulfonamides is 1. The van der Waals surface area contributed by atoms with Crippen molar-refractivity contribution in [2.75, 3.05) is 32.8 Å². The molecule has 0 aromatic carbocycles. The van der Waals surface area contributed by atoms with Gasteiger partial charge in [-0.2, -0.15) is 0 Å². The summed E-state index contributed by atoms with van der Waals surface area (Å²) in [6.07, 6.45) is 0. The van der Waals surface area contributed by atoms with Crippen molar-refractivity contribution in [3.8, 4) is 0 Å². The van der Waals surface area contributed by atoms with Crippen molar-refractivity contribution in [3.05, 3.63) is 41.5 Å². The number of rotatable bonds is 7. The number of ether oxygens (including phenoxy) is 1. The van der Waals surface area contributed by atoms with Gasteiger partial charge in [-0.05, 0) is 52.0 Å². The predicted octanol–water partition coefficient (Wildman–Crippen LogP) is 2.06. The molecule has 1 fully saturated rings. The number of nitrogens with one attached hydrogen (secondary N) is 2. The molecule has 0 saturated carbocycles. The zero-order chi connectivity index (χ0) is 21.9. The summed E-state index contributed by atoms with van der Waals surface area (Å²) in [6.45, 7) is 10.0. The second-order valence-corrected chi connectivity index (χ2v) is 9.91. The fraction of sp³-hybridized carbons (Fsp3) is 0.550. The largest absolute Gasteiger partial charge is 0.465 e. The average Bonchev–Trinajstić information content (AvgIpc) is 3.31. The molecule has 1 aliphatic heterocycles. The minimum Gasteiger partial charge on any atom is -0.465 e. The number of hydrogen-bond donors (Lipinski definition) is 2. The lowest BCUT2D eigenvalue weighted by Gasteiger charge is -2.33. The molecule has 3 rings (SSSR count). The molecule has 9 nitrogen and oxygen atoms in total. The lowest BCUT2D eigenvalue weighted by molar-refractivity contribution is 0.0116. The number of morpholine rings is 1. The summed E-state index contributed by atoms with van der Waals surface area (Å²) < 4.78 is 43.8. The molecule has 0 spiro atoms. The van der Waals surface area contributed by atoms with Gasteiger partial charge in [0.2, 0.25) is 5.09 Å². The SMILES string of the molecule is Cc1ccc(C(CNC(=O)c2ccc(S(=O)(=O)NC(C)(C)C)o2)N2CCOCC2)o1. The van der Waals surface area contributed by atoms with Gasteiger partial charge in [0.05, 0.1) is 19.3 Å². The first kappa shape index (κ1) is 22.5. The van der Waals surface area contributed by atoms with Gasteiger partial charge in [-0.3, -0.25) is 9.69 Å². The fourth-order valence-corrected chi connectivity index (χ4v) is 4.60. The molecule has 1 unspecified atom stereocenters. The molecule has 1 atom stereocenters. The molecule has 0 aliphatic carbocycles. The Morgan fingerprint density at radius 2 is 1.83 bits per heavy atom. The third kappa shape index (κ3) is 5.72. The van der Waals surface area contributed by atoms with E-state index in [-0.39, 0.29) is 23.4 Å². The van der Waals surface area contributed by atoms with Gasteiger partial charge in [0.15, 0.2) is 5.76 Å². The van der Waals surface area contributed by atoms with Gasteiger partial charge in [-0.25, -0.2) is 13.1 Å². The summed E-state index contributed by atoms with van der Waals surface area (Å²) in [5.74, 6) is 0.989. The average molecular weight is 440 g/mol. The Morgan fingerprint density at radius 1 is 1.13 bits per heavy atom. The molecule has 0 radical (unpaired) electrons. The van der Waals surface area contributed by atoms with Crippen molar-refractivity contribution >= 4 is 15.9 Å². The minimum absolute atomic E-state index is 0.0689. The van der Waals surface area contributed by atoms with Crippen LogP contribution in [0.4, 0.5) is 0 Å². The van der Waals surface area contributed by atoms with E-state index in [1.807, 2.05) is 19.1 Å². The molecule has 3 heterocycles. The van der Waals surface area contributed by atoms with E-state index < -0.39 is 21.5 Å². The molecular weight excluding hydrogens is 410 g/mol. The number of carbonyl (C=O) groups excluding carboxylic acids is 1. The quantitative estimate of drug-likeness (QED) is 0.679. The number of hydrogen-bond acceptors (Lipinski definition) is 7. The number of carbonyl (C=O) groups is 1. The Kier molecular flexibility index (Phi) is 6.71. The highest BCUT2D eigenvalue weighted by Crippen LogP contribution is 2.24. The van der Waals surface area contributed by atoms with E-state index in [9.17, 15) is 13.2 Å². The Morgan fingerprint density at radius 3 is 2.43 bits per heavy atom. The predicted molar refractivity (Wildman–Crippen MR) is 110 cm³/mol. The van der Waals surface area contributed by atoms with Crippen LogP contribution in [0.2, 0.25) is 0 Å². The first-order valence-electron chi connectivity index (χ1n) is 9.85. The second-order valence-electron chi connectivity index (χ2n) is 8.30. The number of furan rings is 2. The first-order valence-corrected chi connectivity index (χ1v) is 11.3. The third-order valence-corrected chi connectivity index (χ3v) is 6.17. The summed E-state index contributed by atoms with van der Waals surface area (Å²) in [5.41, 5.74) is -0.666. The fourth-order valence-electron chi connectivity index (χ4n) is 3.25. The smallest absolute Gasteiger partial charge is 0.287 e. The molecule has 1 amide bonds. The molecule has 166 valence electrons. The molecule has 2 aromatic rings.